The Balaban J connectivity index is 1.73. The predicted molar refractivity (Wildman–Crippen MR) is 83.6 cm³/mol. The van der Waals surface area contributed by atoms with Gasteiger partial charge in [0.1, 0.15) is 12.1 Å². The van der Waals surface area contributed by atoms with E-state index in [1.165, 1.54) is 12.4 Å². The first kappa shape index (κ1) is 16.7. The van der Waals surface area contributed by atoms with Gasteiger partial charge in [-0.3, -0.25) is 0 Å². The summed E-state index contributed by atoms with van der Waals surface area (Å²) >= 11 is 0. The quantitative estimate of drug-likeness (QED) is 0.929. The molecule has 0 spiro atoms. The van der Waals surface area contributed by atoms with Crippen molar-refractivity contribution < 1.29 is 18.3 Å². The highest BCUT2D eigenvalue weighted by atomic mass is 19.4. The lowest BCUT2D eigenvalue weighted by molar-refractivity contribution is -0.137. The molecule has 1 aliphatic rings. The number of hydrogen-bond acceptors (Lipinski definition) is 4. The number of aliphatic hydroxyl groups excluding tert-OH is 1. The third-order valence-electron chi connectivity index (χ3n) is 4.27. The molecule has 0 saturated heterocycles. The zero-order chi connectivity index (χ0) is 17.3. The molecule has 24 heavy (non-hydrogen) atoms. The van der Waals surface area contributed by atoms with E-state index in [4.69, 9.17) is 0 Å². The lowest BCUT2D eigenvalue weighted by Crippen LogP contribution is -2.27. The van der Waals surface area contributed by atoms with E-state index in [2.05, 4.69) is 9.97 Å². The molecule has 0 radical (unpaired) electrons. The number of nitrogens with zero attached hydrogens (tertiary/aromatic N) is 3. The third-order valence-corrected chi connectivity index (χ3v) is 4.27. The summed E-state index contributed by atoms with van der Waals surface area (Å²) in [6.45, 7) is 0.313. The van der Waals surface area contributed by atoms with Gasteiger partial charge in [0.15, 0.2) is 0 Å². The van der Waals surface area contributed by atoms with Crippen LogP contribution in [0.5, 0.6) is 0 Å². The SMILES string of the molecule is CN(Cc1cccc(C(F)(F)F)c1)c1cc(C2CC(O)C2)ncn1. The Bertz CT molecular complexity index is 714. The van der Waals surface area contributed by atoms with Gasteiger partial charge in [0, 0.05) is 31.3 Å². The second kappa shape index (κ2) is 6.39. The fraction of sp³-hybridized carbons (Fsp3) is 0.412. The van der Waals surface area contributed by atoms with Crippen molar-refractivity contribution >= 4 is 5.82 Å². The Morgan fingerprint density at radius 3 is 2.62 bits per heavy atom. The lowest BCUT2D eigenvalue weighted by Gasteiger charge is -2.31. The molecule has 1 fully saturated rings. The van der Waals surface area contributed by atoms with Crippen LogP contribution >= 0.6 is 0 Å². The highest BCUT2D eigenvalue weighted by molar-refractivity contribution is 5.40. The number of alkyl halides is 3. The van der Waals surface area contributed by atoms with Gasteiger partial charge in [0.05, 0.1) is 11.7 Å². The molecule has 3 rings (SSSR count). The van der Waals surface area contributed by atoms with Gasteiger partial charge in [-0.1, -0.05) is 12.1 Å². The van der Waals surface area contributed by atoms with Crippen LogP contribution < -0.4 is 4.90 Å². The van der Waals surface area contributed by atoms with E-state index < -0.39 is 11.7 Å². The predicted octanol–water partition coefficient (Wildman–Crippen LogP) is 3.37. The summed E-state index contributed by atoms with van der Waals surface area (Å²) in [5.41, 5.74) is 0.771. The zero-order valence-electron chi connectivity index (χ0n) is 13.2. The highest BCUT2D eigenvalue weighted by Gasteiger charge is 2.31. The second-order valence-electron chi connectivity index (χ2n) is 6.18. The molecule has 1 heterocycles. The van der Waals surface area contributed by atoms with Gasteiger partial charge in [-0.2, -0.15) is 13.2 Å². The van der Waals surface area contributed by atoms with Gasteiger partial charge in [-0.05, 0) is 30.5 Å². The number of hydrogen-bond donors (Lipinski definition) is 1. The molecule has 1 aromatic heterocycles. The lowest BCUT2D eigenvalue weighted by atomic mass is 9.80. The summed E-state index contributed by atoms with van der Waals surface area (Å²) in [7, 11) is 1.78. The Kier molecular flexibility index (Phi) is 4.45. The maximum atomic E-state index is 12.8. The Morgan fingerprint density at radius 2 is 1.96 bits per heavy atom. The number of rotatable bonds is 4. The monoisotopic (exact) mass is 337 g/mol. The van der Waals surface area contributed by atoms with E-state index in [9.17, 15) is 18.3 Å². The van der Waals surface area contributed by atoms with E-state index in [0.29, 0.717) is 30.8 Å². The average molecular weight is 337 g/mol. The minimum absolute atomic E-state index is 0.226. The van der Waals surface area contributed by atoms with E-state index in [0.717, 1.165) is 17.8 Å². The normalized spacial score (nSPS) is 20.5. The van der Waals surface area contributed by atoms with Gasteiger partial charge < -0.3 is 10.0 Å². The Morgan fingerprint density at radius 1 is 1.21 bits per heavy atom. The van der Waals surface area contributed by atoms with Crippen molar-refractivity contribution in [1.82, 2.24) is 9.97 Å². The van der Waals surface area contributed by atoms with Gasteiger partial charge in [0.25, 0.3) is 0 Å². The molecule has 1 N–H and O–H groups in total. The van der Waals surface area contributed by atoms with Crippen LogP contribution in [-0.4, -0.2) is 28.2 Å². The van der Waals surface area contributed by atoms with Crippen LogP contribution in [0, 0.1) is 0 Å². The molecule has 7 heteroatoms. The molecule has 0 aliphatic heterocycles. The first-order valence-corrected chi connectivity index (χ1v) is 7.70. The Labute approximate surface area is 138 Å². The van der Waals surface area contributed by atoms with Gasteiger partial charge in [-0.15, -0.1) is 0 Å². The third kappa shape index (κ3) is 3.67. The van der Waals surface area contributed by atoms with Gasteiger partial charge in [-0.25, -0.2) is 9.97 Å². The van der Waals surface area contributed by atoms with Gasteiger partial charge in [0.2, 0.25) is 0 Å². The molecule has 0 unspecified atom stereocenters. The van der Waals surface area contributed by atoms with Crippen LogP contribution in [0.4, 0.5) is 19.0 Å². The molecule has 0 atom stereocenters. The smallest absolute Gasteiger partial charge is 0.393 e. The van der Waals surface area contributed by atoms with Crippen molar-refractivity contribution in [3.8, 4) is 0 Å². The van der Waals surface area contributed by atoms with Crippen LogP contribution in [0.1, 0.15) is 35.6 Å². The average Bonchev–Trinajstić information content (AvgIpc) is 2.51. The van der Waals surface area contributed by atoms with E-state index in [1.807, 2.05) is 6.07 Å². The minimum atomic E-state index is -4.35. The molecule has 2 aromatic rings. The van der Waals surface area contributed by atoms with Crippen molar-refractivity contribution in [2.45, 2.75) is 37.6 Å². The van der Waals surface area contributed by atoms with Crippen molar-refractivity contribution in [2.24, 2.45) is 0 Å². The standard InChI is InChI=1S/C17H18F3N3O/c1-23(9-11-3-2-4-13(5-11)17(18,19)20)16-8-15(21-10-22-16)12-6-14(24)7-12/h2-5,8,10,12,14,24H,6-7,9H2,1H3. The largest absolute Gasteiger partial charge is 0.416 e. The van der Waals surface area contributed by atoms with E-state index >= 15 is 0 Å². The number of benzene rings is 1. The fourth-order valence-electron chi connectivity index (χ4n) is 2.82. The summed E-state index contributed by atoms with van der Waals surface area (Å²) in [5.74, 6) is 0.877. The van der Waals surface area contributed by atoms with Crippen LogP contribution in [0.3, 0.4) is 0 Å². The van der Waals surface area contributed by atoms with E-state index in [-0.39, 0.29) is 12.0 Å². The maximum absolute atomic E-state index is 12.8. The van der Waals surface area contributed by atoms with Crippen molar-refractivity contribution in [2.75, 3.05) is 11.9 Å². The topological polar surface area (TPSA) is 49.2 Å². The molecule has 0 amide bonds. The summed E-state index contributed by atoms with van der Waals surface area (Å²) in [4.78, 5) is 10.2. The van der Waals surface area contributed by atoms with Gasteiger partial charge >= 0.3 is 6.18 Å². The molecule has 4 nitrogen and oxygen atoms in total. The summed E-state index contributed by atoms with van der Waals surface area (Å²) in [5, 5.41) is 9.40. The van der Waals surface area contributed by atoms with Crippen molar-refractivity contribution in [3.05, 3.63) is 53.5 Å². The minimum Gasteiger partial charge on any atom is -0.393 e. The Hall–Kier alpha value is -2.15. The van der Waals surface area contributed by atoms with Crippen LogP contribution in [0.15, 0.2) is 36.7 Å². The number of anilines is 1. The van der Waals surface area contributed by atoms with E-state index in [1.54, 1.807) is 18.0 Å². The van der Waals surface area contributed by atoms with Crippen LogP contribution in [0.2, 0.25) is 0 Å². The summed E-state index contributed by atoms with van der Waals surface area (Å²) < 4.78 is 38.4. The first-order valence-electron chi connectivity index (χ1n) is 7.70. The molecule has 1 aromatic carbocycles. The van der Waals surface area contributed by atoms with Crippen molar-refractivity contribution in [1.29, 1.82) is 0 Å². The molecular weight excluding hydrogens is 319 g/mol. The second-order valence-corrected chi connectivity index (χ2v) is 6.18. The number of halogens is 3. The number of aromatic nitrogens is 2. The summed E-state index contributed by atoms with van der Waals surface area (Å²) in [6, 6.07) is 7.13. The maximum Gasteiger partial charge on any atom is 0.416 e. The first-order chi connectivity index (χ1) is 11.3. The van der Waals surface area contributed by atoms with Crippen molar-refractivity contribution in [3.63, 3.8) is 0 Å². The highest BCUT2D eigenvalue weighted by Crippen LogP contribution is 2.36. The molecule has 1 saturated carbocycles. The number of aliphatic hydroxyl groups is 1. The molecule has 128 valence electrons. The fourth-order valence-corrected chi connectivity index (χ4v) is 2.82. The van der Waals surface area contributed by atoms with Crippen LogP contribution in [-0.2, 0) is 12.7 Å². The molecule has 0 bridgehead atoms. The molecule has 1 aliphatic carbocycles. The van der Waals surface area contributed by atoms with Crippen LogP contribution in [0.25, 0.3) is 0 Å². The molecular formula is C17H18F3N3O. The summed E-state index contributed by atoms with van der Waals surface area (Å²) in [6.07, 6.45) is -1.78. The zero-order valence-corrected chi connectivity index (χ0v) is 13.2.